The molecule has 0 aliphatic carbocycles. The monoisotopic (exact) mass is 293 g/mol. The van der Waals surface area contributed by atoms with Crippen LogP contribution in [0.1, 0.15) is 34.3 Å². The molecule has 0 aromatic heterocycles. The number of benzene rings is 1. The van der Waals surface area contributed by atoms with Crippen molar-refractivity contribution < 1.29 is 19.4 Å². The van der Waals surface area contributed by atoms with Crippen LogP contribution in [0.4, 0.5) is 0 Å². The van der Waals surface area contributed by atoms with Crippen LogP contribution in [0.3, 0.4) is 0 Å². The molecule has 1 atom stereocenters. The van der Waals surface area contributed by atoms with E-state index < -0.39 is 12.0 Å². The van der Waals surface area contributed by atoms with Gasteiger partial charge >= 0.3 is 5.97 Å². The minimum atomic E-state index is -0.989. The Hall–Kier alpha value is -1.72. The second kappa shape index (κ2) is 8.54. The lowest BCUT2D eigenvalue weighted by Crippen LogP contribution is -2.39. The summed E-state index contributed by atoms with van der Waals surface area (Å²) in [5, 5.41) is 12.0. The Morgan fingerprint density at radius 2 is 2.05 bits per heavy atom. The maximum absolute atomic E-state index is 12.5. The summed E-state index contributed by atoms with van der Waals surface area (Å²) in [7, 11) is 1.61. The lowest BCUT2D eigenvalue weighted by Gasteiger charge is -2.17. The maximum atomic E-state index is 12.5. The Morgan fingerprint density at radius 1 is 1.33 bits per heavy atom. The van der Waals surface area contributed by atoms with E-state index in [4.69, 9.17) is 9.84 Å². The molecule has 1 aromatic rings. The molecule has 1 rings (SSSR count). The summed E-state index contributed by atoms with van der Waals surface area (Å²) in [6.45, 7) is 4.94. The second-order valence-corrected chi connectivity index (χ2v) is 5.13. The highest BCUT2D eigenvalue weighted by atomic mass is 16.5. The van der Waals surface area contributed by atoms with Gasteiger partial charge in [-0.25, -0.2) is 0 Å². The highest BCUT2D eigenvalue weighted by Crippen LogP contribution is 2.14. The first-order valence-electron chi connectivity index (χ1n) is 7.01. The Kier molecular flexibility index (Phi) is 7.05. The van der Waals surface area contributed by atoms with Gasteiger partial charge in [-0.15, -0.1) is 0 Å². The fraction of sp³-hybridized carbons (Fsp3) is 0.500. The number of Topliss-reactive ketones (excluding diaryl/α,β-unsaturated/α-hetero) is 1. The normalized spacial score (nSPS) is 12.1. The van der Waals surface area contributed by atoms with E-state index in [1.807, 2.05) is 26.0 Å². The maximum Gasteiger partial charge on any atom is 0.305 e. The van der Waals surface area contributed by atoms with E-state index in [0.29, 0.717) is 18.7 Å². The minimum absolute atomic E-state index is 0.174. The Balaban J connectivity index is 2.80. The molecule has 5 heteroatoms. The van der Waals surface area contributed by atoms with Crippen molar-refractivity contribution in [1.82, 2.24) is 5.32 Å². The fourth-order valence-corrected chi connectivity index (χ4v) is 2.20. The summed E-state index contributed by atoms with van der Waals surface area (Å²) in [5.74, 6) is -1.16. The number of hydrogen-bond acceptors (Lipinski definition) is 4. The second-order valence-electron chi connectivity index (χ2n) is 5.13. The van der Waals surface area contributed by atoms with E-state index in [1.165, 1.54) is 0 Å². The Morgan fingerprint density at radius 3 is 2.62 bits per heavy atom. The highest BCUT2D eigenvalue weighted by Gasteiger charge is 2.23. The van der Waals surface area contributed by atoms with Crippen molar-refractivity contribution in [2.45, 2.75) is 32.7 Å². The number of ketones is 1. The first-order valence-corrected chi connectivity index (χ1v) is 7.01. The van der Waals surface area contributed by atoms with Crippen molar-refractivity contribution in [2.75, 3.05) is 20.3 Å². The number of hydrogen-bond donors (Lipinski definition) is 2. The van der Waals surface area contributed by atoms with Crippen LogP contribution in [0, 0.1) is 13.8 Å². The smallest absolute Gasteiger partial charge is 0.305 e. The van der Waals surface area contributed by atoms with Gasteiger partial charge in [-0.2, -0.15) is 0 Å². The molecule has 1 aromatic carbocycles. The molecule has 0 saturated carbocycles. The number of carboxylic acids is 1. The molecule has 116 valence electrons. The van der Waals surface area contributed by atoms with Crippen molar-refractivity contribution in [3.05, 3.63) is 34.9 Å². The molecule has 5 nitrogen and oxygen atoms in total. The topological polar surface area (TPSA) is 75.6 Å². The van der Waals surface area contributed by atoms with E-state index in [0.717, 1.165) is 17.5 Å². The van der Waals surface area contributed by atoms with E-state index in [2.05, 4.69) is 5.32 Å². The van der Waals surface area contributed by atoms with E-state index >= 15 is 0 Å². The van der Waals surface area contributed by atoms with Gasteiger partial charge in [0, 0.05) is 19.3 Å². The van der Waals surface area contributed by atoms with E-state index in [1.54, 1.807) is 13.2 Å². The SMILES string of the molecule is COCCCNC(CC(=O)O)C(=O)c1ccc(C)cc1C. The molecule has 0 amide bonds. The summed E-state index contributed by atoms with van der Waals surface area (Å²) in [5.41, 5.74) is 2.52. The largest absolute Gasteiger partial charge is 0.481 e. The summed E-state index contributed by atoms with van der Waals surface area (Å²) < 4.78 is 4.94. The third kappa shape index (κ3) is 5.65. The zero-order valence-corrected chi connectivity index (χ0v) is 12.8. The molecule has 0 fully saturated rings. The molecule has 2 N–H and O–H groups in total. The quantitative estimate of drug-likeness (QED) is 0.537. The summed E-state index contributed by atoms with van der Waals surface area (Å²) in [6, 6.07) is 4.85. The number of aryl methyl sites for hydroxylation is 2. The van der Waals surface area contributed by atoms with Gasteiger partial charge in [-0.1, -0.05) is 23.8 Å². The lowest BCUT2D eigenvalue weighted by molar-refractivity contribution is -0.137. The van der Waals surface area contributed by atoms with Crippen LogP contribution >= 0.6 is 0 Å². The van der Waals surface area contributed by atoms with Crippen LogP contribution in [-0.4, -0.2) is 43.2 Å². The summed E-state index contributed by atoms with van der Waals surface area (Å²) in [6.07, 6.45) is 0.506. The molecular formula is C16H23NO4. The molecule has 0 aliphatic heterocycles. The number of carbonyl (C=O) groups excluding carboxylic acids is 1. The molecule has 0 saturated heterocycles. The first-order chi connectivity index (χ1) is 9.95. The van der Waals surface area contributed by atoms with Crippen LogP contribution in [0.2, 0.25) is 0 Å². The first kappa shape index (κ1) is 17.3. The number of carbonyl (C=O) groups is 2. The summed E-state index contributed by atoms with van der Waals surface area (Å²) >= 11 is 0. The molecular weight excluding hydrogens is 270 g/mol. The summed E-state index contributed by atoms with van der Waals surface area (Å²) in [4.78, 5) is 23.5. The Labute approximate surface area is 125 Å². The predicted octanol–water partition coefficient (Wildman–Crippen LogP) is 1.96. The van der Waals surface area contributed by atoms with Gasteiger partial charge in [0.15, 0.2) is 5.78 Å². The van der Waals surface area contributed by atoms with Crippen LogP contribution in [0.25, 0.3) is 0 Å². The van der Waals surface area contributed by atoms with Crippen LogP contribution in [-0.2, 0) is 9.53 Å². The molecule has 0 heterocycles. The number of nitrogens with one attached hydrogen (secondary N) is 1. The van der Waals surface area contributed by atoms with Crippen molar-refractivity contribution in [3.63, 3.8) is 0 Å². The van der Waals surface area contributed by atoms with Crippen LogP contribution < -0.4 is 5.32 Å². The van der Waals surface area contributed by atoms with Crippen molar-refractivity contribution in [1.29, 1.82) is 0 Å². The van der Waals surface area contributed by atoms with Gasteiger partial charge in [0.1, 0.15) is 0 Å². The molecule has 0 spiro atoms. The van der Waals surface area contributed by atoms with Crippen LogP contribution in [0.15, 0.2) is 18.2 Å². The zero-order chi connectivity index (χ0) is 15.8. The van der Waals surface area contributed by atoms with Gasteiger partial charge in [0.25, 0.3) is 0 Å². The molecule has 0 bridgehead atoms. The van der Waals surface area contributed by atoms with Gasteiger partial charge in [0.2, 0.25) is 0 Å². The molecule has 1 unspecified atom stereocenters. The number of aliphatic carboxylic acids is 1. The number of rotatable bonds is 9. The standard InChI is InChI=1S/C16H23NO4/c1-11-5-6-13(12(2)9-11)16(20)14(10-15(18)19)17-7-4-8-21-3/h5-6,9,14,17H,4,7-8,10H2,1-3H3,(H,18,19). The molecule has 21 heavy (non-hydrogen) atoms. The zero-order valence-electron chi connectivity index (χ0n) is 12.8. The van der Waals surface area contributed by atoms with Gasteiger partial charge in [-0.3, -0.25) is 9.59 Å². The Bertz CT molecular complexity index is 499. The van der Waals surface area contributed by atoms with Crippen LogP contribution in [0.5, 0.6) is 0 Å². The van der Waals surface area contributed by atoms with Crippen molar-refractivity contribution in [2.24, 2.45) is 0 Å². The average molecular weight is 293 g/mol. The molecule has 0 aliphatic rings. The third-order valence-corrected chi connectivity index (χ3v) is 3.26. The minimum Gasteiger partial charge on any atom is -0.481 e. The van der Waals surface area contributed by atoms with E-state index in [9.17, 15) is 9.59 Å². The highest BCUT2D eigenvalue weighted by molar-refractivity contribution is 6.02. The van der Waals surface area contributed by atoms with Gasteiger partial charge in [0.05, 0.1) is 12.5 Å². The fourth-order valence-electron chi connectivity index (χ4n) is 2.20. The predicted molar refractivity (Wildman–Crippen MR) is 80.8 cm³/mol. The number of carboxylic acid groups (broad SMARTS) is 1. The average Bonchev–Trinajstić information content (AvgIpc) is 2.41. The van der Waals surface area contributed by atoms with Gasteiger partial charge < -0.3 is 15.2 Å². The third-order valence-electron chi connectivity index (χ3n) is 3.26. The van der Waals surface area contributed by atoms with Crippen molar-refractivity contribution in [3.8, 4) is 0 Å². The number of methoxy groups -OCH3 is 1. The molecule has 0 radical (unpaired) electrons. The van der Waals surface area contributed by atoms with E-state index in [-0.39, 0.29) is 12.2 Å². The van der Waals surface area contributed by atoms with Crippen molar-refractivity contribution >= 4 is 11.8 Å². The lowest BCUT2D eigenvalue weighted by atomic mass is 9.96. The van der Waals surface area contributed by atoms with Gasteiger partial charge in [-0.05, 0) is 32.4 Å². The number of ether oxygens (including phenoxy) is 1.